The molecular formula is C23H17BN2. The Morgan fingerprint density at radius 3 is 2.31 bits per heavy atom. The number of aliphatic imine (C=N–C) groups is 1. The monoisotopic (exact) mass is 332 g/mol. The molecule has 2 aliphatic rings. The van der Waals surface area contributed by atoms with E-state index < -0.39 is 0 Å². The average molecular weight is 332 g/mol. The van der Waals surface area contributed by atoms with Gasteiger partial charge < -0.3 is 4.81 Å². The smallest absolute Gasteiger partial charge is 0.322 e. The third-order valence-corrected chi connectivity index (χ3v) is 4.93. The van der Waals surface area contributed by atoms with Crippen LogP contribution in [0.2, 0.25) is 0 Å². The molecule has 0 atom stereocenters. The zero-order valence-corrected chi connectivity index (χ0v) is 14.3. The number of hydrogen-bond donors (Lipinski definition) is 0. The summed E-state index contributed by atoms with van der Waals surface area (Å²) in [5.41, 5.74) is 5.84. The van der Waals surface area contributed by atoms with E-state index in [-0.39, 0.29) is 6.85 Å². The van der Waals surface area contributed by atoms with E-state index in [1.807, 2.05) is 6.07 Å². The standard InChI is InChI=1S/C23H17BN2/c1-2-10-18(11-3-1)23-25-22-15-7-5-13-20(22)19-12-4-6-14-21(19)24-16-8-9-17-26(23)24/h1-17H. The minimum atomic E-state index is 0.128. The summed E-state index contributed by atoms with van der Waals surface area (Å²) in [5.74, 6) is 3.21. The van der Waals surface area contributed by atoms with Crippen molar-refractivity contribution in [2.24, 2.45) is 4.99 Å². The summed E-state index contributed by atoms with van der Waals surface area (Å²) in [4.78, 5) is 7.38. The van der Waals surface area contributed by atoms with Crippen molar-refractivity contribution in [1.82, 2.24) is 4.81 Å². The quantitative estimate of drug-likeness (QED) is 0.596. The molecule has 122 valence electrons. The van der Waals surface area contributed by atoms with Crippen molar-refractivity contribution < 1.29 is 0 Å². The predicted octanol–water partition coefficient (Wildman–Crippen LogP) is 4.57. The molecule has 2 nitrogen and oxygen atoms in total. The van der Waals surface area contributed by atoms with Crippen LogP contribution in [0.4, 0.5) is 5.69 Å². The summed E-state index contributed by atoms with van der Waals surface area (Å²) in [5, 5.41) is 0. The molecule has 2 heterocycles. The molecule has 0 aliphatic carbocycles. The molecule has 0 saturated heterocycles. The Morgan fingerprint density at radius 2 is 1.42 bits per heavy atom. The van der Waals surface area contributed by atoms with Crippen molar-refractivity contribution in [2.45, 2.75) is 0 Å². The maximum atomic E-state index is 5.11. The third kappa shape index (κ3) is 2.41. The van der Waals surface area contributed by atoms with Crippen LogP contribution in [0.15, 0.2) is 108 Å². The van der Waals surface area contributed by atoms with Gasteiger partial charge in [0.15, 0.2) is 0 Å². The van der Waals surface area contributed by atoms with Gasteiger partial charge >= 0.3 is 6.85 Å². The predicted molar refractivity (Wildman–Crippen MR) is 110 cm³/mol. The molecule has 5 rings (SSSR count). The highest BCUT2D eigenvalue weighted by atomic mass is 15.1. The Bertz CT molecular complexity index is 1050. The molecule has 2 aliphatic heterocycles. The maximum absolute atomic E-state index is 5.11. The Kier molecular flexibility index (Phi) is 3.57. The van der Waals surface area contributed by atoms with Crippen molar-refractivity contribution in [1.29, 1.82) is 0 Å². The first-order valence-corrected chi connectivity index (χ1v) is 8.87. The molecule has 0 bridgehead atoms. The van der Waals surface area contributed by atoms with E-state index in [0.29, 0.717) is 0 Å². The van der Waals surface area contributed by atoms with Gasteiger partial charge in [-0.25, -0.2) is 4.99 Å². The van der Waals surface area contributed by atoms with E-state index in [4.69, 9.17) is 4.99 Å². The van der Waals surface area contributed by atoms with E-state index in [2.05, 4.69) is 102 Å². The van der Waals surface area contributed by atoms with Crippen LogP contribution in [0.1, 0.15) is 5.56 Å². The molecule has 0 radical (unpaired) electrons. The second-order valence-corrected chi connectivity index (χ2v) is 6.48. The third-order valence-electron chi connectivity index (χ3n) is 4.93. The highest BCUT2D eigenvalue weighted by molar-refractivity contribution is 6.79. The lowest BCUT2D eigenvalue weighted by molar-refractivity contribution is 0.865. The zero-order valence-electron chi connectivity index (χ0n) is 14.3. The topological polar surface area (TPSA) is 15.6 Å². The van der Waals surface area contributed by atoms with Crippen LogP contribution in [0.5, 0.6) is 0 Å². The van der Waals surface area contributed by atoms with Crippen LogP contribution in [-0.2, 0) is 0 Å². The molecule has 3 heteroatoms. The molecule has 0 saturated carbocycles. The summed E-state index contributed by atoms with van der Waals surface area (Å²) in [6.07, 6.45) is 6.32. The largest absolute Gasteiger partial charge is 0.368 e. The van der Waals surface area contributed by atoms with Crippen LogP contribution in [0.25, 0.3) is 11.1 Å². The number of para-hydroxylation sites is 1. The molecule has 0 amide bonds. The van der Waals surface area contributed by atoms with E-state index >= 15 is 0 Å². The van der Waals surface area contributed by atoms with Crippen molar-refractivity contribution >= 4 is 23.8 Å². The van der Waals surface area contributed by atoms with Crippen molar-refractivity contribution in [3.63, 3.8) is 0 Å². The first kappa shape index (κ1) is 15.0. The van der Waals surface area contributed by atoms with Crippen LogP contribution < -0.4 is 5.46 Å². The summed E-state index contributed by atoms with van der Waals surface area (Å²) < 4.78 is 0. The van der Waals surface area contributed by atoms with Gasteiger partial charge in [0.1, 0.15) is 5.84 Å². The number of rotatable bonds is 1. The Morgan fingerprint density at radius 1 is 0.692 bits per heavy atom. The number of hydrogen-bond acceptors (Lipinski definition) is 2. The normalized spacial score (nSPS) is 14.7. The zero-order chi connectivity index (χ0) is 17.3. The fraction of sp³-hybridized carbons (Fsp3) is 0. The van der Waals surface area contributed by atoms with Gasteiger partial charge in [-0.15, -0.1) is 0 Å². The van der Waals surface area contributed by atoms with Gasteiger partial charge in [0.2, 0.25) is 0 Å². The number of fused-ring (bicyclic) bond motifs is 5. The molecule has 3 aromatic rings. The number of nitrogens with zero attached hydrogens (tertiary/aromatic N) is 2. The molecular weight excluding hydrogens is 315 g/mol. The van der Waals surface area contributed by atoms with E-state index in [1.54, 1.807) is 0 Å². The van der Waals surface area contributed by atoms with Gasteiger partial charge in [0.25, 0.3) is 0 Å². The lowest BCUT2D eigenvalue weighted by atomic mass is 9.51. The van der Waals surface area contributed by atoms with E-state index in [1.165, 1.54) is 16.6 Å². The molecule has 3 aromatic carbocycles. The van der Waals surface area contributed by atoms with Crippen LogP contribution in [-0.4, -0.2) is 17.5 Å². The Balaban J connectivity index is 1.83. The highest BCUT2D eigenvalue weighted by Crippen LogP contribution is 2.33. The summed E-state index contributed by atoms with van der Waals surface area (Å²) in [6, 6.07) is 27.5. The van der Waals surface area contributed by atoms with Gasteiger partial charge in [0.05, 0.1) is 5.69 Å². The minimum Gasteiger partial charge on any atom is -0.368 e. The summed E-state index contributed by atoms with van der Waals surface area (Å²) in [6.45, 7) is 0.128. The molecule has 26 heavy (non-hydrogen) atoms. The molecule has 0 unspecified atom stereocenters. The lowest BCUT2D eigenvalue weighted by Crippen LogP contribution is -2.49. The van der Waals surface area contributed by atoms with Crippen LogP contribution in [0.3, 0.4) is 0 Å². The molecule has 0 spiro atoms. The number of benzene rings is 3. The van der Waals surface area contributed by atoms with Crippen LogP contribution >= 0.6 is 0 Å². The lowest BCUT2D eigenvalue weighted by Gasteiger charge is -2.32. The van der Waals surface area contributed by atoms with E-state index in [9.17, 15) is 0 Å². The number of allylic oxidation sites excluding steroid dienone is 2. The van der Waals surface area contributed by atoms with Gasteiger partial charge in [-0.05, 0) is 29.4 Å². The van der Waals surface area contributed by atoms with Crippen molar-refractivity contribution in [2.75, 3.05) is 0 Å². The van der Waals surface area contributed by atoms with Crippen LogP contribution in [0, 0.1) is 0 Å². The fourth-order valence-electron chi connectivity index (χ4n) is 3.72. The Labute approximate surface area is 153 Å². The first-order valence-electron chi connectivity index (χ1n) is 8.87. The fourth-order valence-corrected chi connectivity index (χ4v) is 3.72. The molecule has 0 aromatic heterocycles. The summed E-state index contributed by atoms with van der Waals surface area (Å²) in [7, 11) is 0. The summed E-state index contributed by atoms with van der Waals surface area (Å²) >= 11 is 0. The molecule has 0 fully saturated rings. The van der Waals surface area contributed by atoms with Gasteiger partial charge in [-0.2, -0.15) is 0 Å². The average Bonchev–Trinajstić information content (AvgIpc) is 2.72. The molecule has 0 N–H and O–H groups in total. The highest BCUT2D eigenvalue weighted by Gasteiger charge is 2.31. The first-order chi connectivity index (χ1) is 12.9. The van der Waals surface area contributed by atoms with E-state index in [0.717, 1.165) is 17.1 Å². The second-order valence-electron chi connectivity index (χ2n) is 6.48. The van der Waals surface area contributed by atoms with Crippen molar-refractivity contribution in [3.8, 4) is 11.1 Å². The van der Waals surface area contributed by atoms with Gasteiger partial charge in [0, 0.05) is 11.1 Å². The SMILES string of the molecule is C1=CB2c3ccccc3-c3ccccc3N=C(c3ccccc3)N2C=C1. The number of amidine groups is 1. The van der Waals surface area contributed by atoms with Gasteiger partial charge in [-0.1, -0.05) is 84.8 Å². The minimum absolute atomic E-state index is 0.128. The van der Waals surface area contributed by atoms with Gasteiger partial charge in [-0.3, -0.25) is 0 Å². The Hall–Kier alpha value is -3.33. The van der Waals surface area contributed by atoms with Crippen molar-refractivity contribution in [3.05, 3.63) is 109 Å². The maximum Gasteiger partial charge on any atom is 0.322 e. The second kappa shape index (κ2) is 6.19.